The van der Waals surface area contributed by atoms with E-state index >= 15 is 0 Å². The van der Waals surface area contributed by atoms with Crippen LogP contribution in [-0.4, -0.2) is 37.8 Å². The number of carbonyl (C=O) groups is 1. The second-order valence-electron chi connectivity index (χ2n) is 4.19. The number of halogens is 1. The molecule has 3 rings (SSSR count). The molecule has 0 aliphatic rings. The van der Waals surface area contributed by atoms with Gasteiger partial charge < -0.3 is 20.3 Å². The number of fused-ring (bicyclic) bond motifs is 1. The van der Waals surface area contributed by atoms with Crippen LogP contribution in [-0.2, 0) is 0 Å². The van der Waals surface area contributed by atoms with E-state index in [0.717, 1.165) is 0 Å². The predicted molar refractivity (Wildman–Crippen MR) is 82.8 cm³/mol. The zero-order chi connectivity index (χ0) is 15.9. The van der Waals surface area contributed by atoms with Crippen LogP contribution in [0.1, 0.15) is 10.5 Å². The van der Waals surface area contributed by atoms with E-state index in [1.165, 1.54) is 41.3 Å². The van der Waals surface area contributed by atoms with Crippen LogP contribution in [0.5, 0.6) is 17.2 Å². The van der Waals surface area contributed by atoms with Crippen molar-refractivity contribution in [1.82, 2.24) is 14.6 Å². The molecule has 0 radical (unpaired) electrons. The minimum Gasteiger partial charge on any atom is -0.505 e. The van der Waals surface area contributed by atoms with Gasteiger partial charge in [0, 0.05) is 12.1 Å². The van der Waals surface area contributed by atoms with Gasteiger partial charge >= 0.3 is 0 Å². The van der Waals surface area contributed by atoms with Crippen molar-refractivity contribution in [3.05, 3.63) is 27.9 Å². The van der Waals surface area contributed by atoms with Crippen molar-refractivity contribution in [2.45, 2.75) is 0 Å². The fourth-order valence-corrected chi connectivity index (χ4v) is 3.03. The van der Waals surface area contributed by atoms with Crippen LogP contribution >= 0.6 is 27.3 Å². The summed E-state index contributed by atoms with van der Waals surface area (Å²) in [4.78, 5) is 16.9. The van der Waals surface area contributed by atoms with Crippen molar-refractivity contribution in [1.29, 1.82) is 0 Å². The van der Waals surface area contributed by atoms with Crippen LogP contribution in [0.4, 0.5) is 5.69 Å². The highest BCUT2D eigenvalue weighted by molar-refractivity contribution is 9.11. The number of anilines is 1. The first-order valence-corrected chi connectivity index (χ1v) is 7.52. The Kier molecular flexibility index (Phi) is 3.62. The number of phenolic OH excluding ortho intramolecular Hbond substituents is 2. The number of aromatic hydroxyl groups is 2. The monoisotopic (exact) mass is 384 g/mol. The number of aromatic nitrogens is 3. The van der Waals surface area contributed by atoms with Crippen molar-refractivity contribution in [2.75, 3.05) is 12.4 Å². The van der Waals surface area contributed by atoms with Gasteiger partial charge in [0.05, 0.1) is 13.3 Å². The third-order valence-corrected chi connectivity index (χ3v) is 4.19. The fourth-order valence-electron chi connectivity index (χ4n) is 1.83. The first-order chi connectivity index (χ1) is 10.5. The SMILES string of the molecule is COc1cc(O)c(NC(=O)c2cnc3sc(Br)nn23)c(O)c1. The Morgan fingerprint density at radius 2 is 2.09 bits per heavy atom. The molecular weight excluding hydrogens is 376 g/mol. The van der Waals surface area contributed by atoms with Gasteiger partial charge in [0.1, 0.15) is 22.9 Å². The Balaban J connectivity index is 1.94. The van der Waals surface area contributed by atoms with E-state index in [1.54, 1.807) is 0 Å². The quantitative estimate of drug-likeness (QED) is 0.597. The molecular formula is C12H9BrN4O4S. The summed E-state index contributed by atoms with van der Waals surface area (Å²) in [5.41, 5.74) is 0.0570. The summed E-state index contributed by atoms with van der Waals surface area (Å²) in [7, 11) is 1.40. The summed E-state index contributed by atoms with van der Waals surface area (Å²) in [6, 6.07) is 2.56. The normalized spacial score (nSPS) is 10.8. The van der Waals surface area contributed by atoms with Crippen LogP contribution in [0.25, 0.3) is 4.96 Å². The standard InChI is InChI=1S/C12H9BrN4O4S/c1-21-5-2-7(18)9(8(19)3-5)15-10(20)6-4-14-12-17(6)16-11(13)22-12/h2-4,18-19H,1H3,(H,15,20). The number of nitrogens with one attached hydrogen (secondary N) is 1. The number of hydrogen-bond acceptors (Lipinski definition) is 7. The second-order valence-corrected chi connectivity index (χ2v) is 6.42. The van der Waals surface area contributed by atoms with Gasteiger partial charge in [-0.3, -0.25) is 4.79 Å². The van der Waals surface area contributed by atoms with Gasteiger partial charge in [0.15, 0.2) is 9.61 Å². The van der Waals surface area contributed by atoms with E-state index in [1.807, 2.05) is 0 Å². The van der Waals surface area contributed by atoms with Crippen LogP contribution < -0.4 is 10.1 Å². The Labute approximate surface area is 136 Å². The highest BCUT2D eigenvalue weighted by Crippen LogP contribution is 2.37. The first-order valence-electron chi connectivity index (χ1n) is 5.91. The lowest BCUT2D eigenvalue weighted by molar-refractivity contribution is 0.101. The van der Waals surface area contributed by atoms with Gasteiger partial charge in [-0.15, -0.1) is 5.10 Å². The van der Waals surface area contributed by atoms with Crippen LogP contribution in [0.15, 0.2) is 22.2 Å². The predicted octanol–water partition coefficient (Wildman–Crippen LogP) is 2.23. The third-order valence-electron chi connectivity index (χ3n) is 2.84. The zero-order valence-corrected chi connectivity index (χ0v) is 13.5. The summed E-state index contributed by atoms with van der Waals surface area (Å²) in [5.74, 6) is -0.930. The molecule has 114 valence electrons. The molecule has 0 bridgehead atoms. The number of benzene rings is 1. The molecule has 0 aliphatic carbocycles. The second kappa shape index (κ2) is 5.46. The highest BCUT2D eigenvalue weighted by atomic mass is 79.9. The molecule has 2 heterocycles. The van der Waals surface area contributed by atoms with Crippen molar-refractivity contribution < 1.29 is 19.7 Å². The van der Waals surface area contributed by atoms with Gasteiger partial charge in [-0.05, 0) is 15.9 Å². The van der Waals surface area contributed by atoms with Gasteiger partial charge in [0.25, 0.3) is 5.91 Å². The maximum atomic E-state index is 12.3. The Bertz CT molecular complexity index is 852. The number of carbonyl (C=O) groups excluding carboxylic acids is 1. The van der Waals surface area contributed by atoms with Crippen LogP contribution in [0, 0.1) is 0 Å². The number of imidazole rings is 1. The molecule has 0 fully saturated rings. The van der Waals surface area contributed by atoms with E-state index in [2.05, 4.69) is 31.3 Å². The molecule has 0 spiro atoms. The Morgan fingerprint density at radius 3 is 2.73 bits per heavy atom. The lowest BCUT2D eigenvalue weighted by Crippen LogP contribution is -2.15. The molecule has 10 heteroatoms. The minimum absolute atomic E-state index is 0.116. The van der Waals surface area contributed by atoms with Gasteiger partial charge in [-0.1, -0.05) is 11.3 Å². The number of ether oxygens (including phenoxy) is 1. The molecule has 0 saturated heterocycles. The number of hydrogen-bond donors (Lipinski definition) is 3. The van der Waals surface area contributed by atoms with E-state index in [4.69, 9.17) is 4.74 Å². The molecule has 0 saturated carbocycles. The average molecular weight is 385 g/mol. The maximum Gasteiger partial charge on any atom is 0.276 e. The molecule has 2 aromatic heterocycles. The van der Waals surface area contributed by atoms with Gasteiger partial charge in [0.2, 0.25) is 4.96 Å². The molecule has 0 atom stereocenters. The topological polar surface area (TPSA) is 109 Å². The number of nitrogens with zero attached hydrogens (tertiary/aromatic N) is 3. The smallest absolute Gasteiger partial charge is 0.276 e. The first kappa shape index (κ1) is 14.6. The van der Waals surface area contributed by atoms with Crippen molar-refractivity contribution >= 4 is 43.8 Å². The summed E-state index contributed by atoms with van der Waals surface area (Å²) in [6.45, 7) is 0. The summed E-state index contributed by atoms with van der Waals surface area (Å²) in [5, 5.41) is 26.3. The van der Waals surface area contributed by atoms with Crippen LogP contribution in [0.3, 0.4) is 0 Å². The lowest BCUT2D eigenvalue weighted by atomic mass is 10.2. The van der Waals surface area contributed by atoms with Crippen molar-refractivity contribution in [3.63, 3.8) is 0 Å². The molecule has 22 heavy (non-hydrogen) atoms. The largest absolute Gasteiger partial charge is 0.505 e. The minimum atomic E-state index is -0.568. The lowest BCUT2D eigenvalue weighted by Gasteiger charge is -2.10. The molecule has 3 N–H and O–H groups in total. The van der Waals surface area contributed by atoms with Crippen LogP contribution in [0.2, 0.25) is 0 Å². The molecule has 0 unspecified atom stereocenters. The van der Waals surface area contributed by atoms with E-state index in [0.29, 0.717) is 8.88 Å². The third kappa shape index (κ3) is 2.46. The molecule has 1 aromatic carbocycles. The summed E-state index contributed by atoms with van der Waals surface area (Å²) >= 11 is 4.48. The molecule has 1 amide bonds. The van der Waals surface area contributed by atoms with E-state index in [-0.39, 0.29) is 28.6 Å². The molecule has 0 aliphatic heterocycles. The zero-order valence-electron chi connectivity index (χ0n) is 11.1. The molecule has 8 nitrogen and oxygen atoms in total. The van der Waals surface area contributed by atoms with Crippen molar-refractivity contribution in [3.8, 4) is 17.2 Å². The Hall–Kier alpha value is -2.33. The number of methoxy groups -OCH3 is 1. The van der Waals surface area contributed by atoms with Crippen molar-refractivity contribution in [2.24, 2.45) is 0 Å². The number of amides is 1. The Morgan fingerprint density at radius 1 is 1.41 bits per heavy atom. The number of phenols is 2. The highest BCUT2D eigenvalue weighted by Gasteiger charge is 2.19. The maximum absolute atomic E-state index is 12.3. The average Bonchev–Trinajstić information content (AvgIpc) is 3.01. The fraction of sp³-hybridized carbons (Fsp3) is 0.0833. The summed E-state index contributed by atoms with van der Waals surface area (Å²) in [6.07, 6.45) is 1.36. The molecule has 3 aromatic rings. The summed E-state index contributed by atoms with van der Waals surface area (Å²) < 4.78 is 6.85. The van der Waals surface area contributed by atoms with Gasteiger partial charge in [-0.2, -0.15) is 4.52 Å². The number of rotatable bonds is 3. The van der Waals surface area contributed by atoms with E-state index in [9.17, 15) is 15.0 Å². The van der Waals surface area contributed by atoms with E-state index < -0.39 is 5.91 Å². The van der Waals surface area contributed by atoms with Gasteiger partial charge in [-0.25, -0.2) is 4.98 Å².